The van der Waals surface area contributed by atoms with Crippen molar-refractivity contribution in [3.05, 3.63) is 44.2 Å². The fourth-order valence-corrected chi connectivity index (χ4v) is 1.47. The van der Waals surface area contributed by atoms with E-state index in [-0.39, 0.29) is 11.0 Å². The molecule has 0 N–H and O–H groups in total. The van der Waals surface area contributed by atoms with Crippen molar-refractivity contribution in [1.82, 2.24) is 0 Å². The Labute approximate surface area is 103 Å². The van der Waals surface area contributed by atoms with Crippen LogP contribution in [0.25, 0.3) is 10.4 Å². The zero-order chi connectivity index (χ0) is 12.9. The fraction of sp³-hybridized carbons (Fsp3) is 0.200. The molecule has 1 aromatic carbocycles. The third-order valence-corrected chi connectivity index (χ3v) is 2.39. The van der Waals surface area contributed by atoms with Gasteiger partial charge in [-0.25, -0.2) is 0 Å². The van der Waals surface area contributed by atoms with Crippen LogP contribution in [-0.2, 0) is 6.18 Å². The molecule has 88 valence electrons. The van der Waals surface area contributed by atoms with E-state index >= 15 is 0 Å². The van der Waals surface area contributed by atoms with Crippen molar-refractivity contribution in [3.8, 4) is 11.8 Å². The molecule has 0 radical (unpaired) electrons. The number of hydrogen-bond acceptors (Lipinski definition) is 1. The van der Waals surface area contributed by atoms with Crippen LogP contribution in [0.1, 0.15) is 11.1 Å². The standard InChI is InChI=1S/C10H5BrF3N3/c11-9-6-8(10(12,13)14)4-3-7(9)2-1-5-16-17-15/h3-4,6H,5H2. The number of hydrogen-bond donors (Lipinski definition) is 0. The highest BCUT2D eigenvalue weighted by Crippen LogP contribution is 2.31. The molecule has 0 saturated heterocycles. The molecule has 17 heavy (non-hydrogen) atoms. The topological polar surface area (TPSA) is 48.8 Å². The minimum atomic E-state index is -4.38. The van der Waals surface area contributed by atoms with Gasteiger partial charge in [0.15, 0.2) is 0 Å². The van der Waals surface area contributed by atoms with Crippen LogP contribution < -0.4 is 0 Å². The molecule has 0 fully saturated rings. The summed E-state index contributed by atoms with van der Waals surface area (Å²) in [6, 6.07) is 3.16. The Kier molecular flexibility index (Phi) is 4.44. The van der Waals surface area contributed by atoms with Crippen LogP contribution in [0.4, 0.5) is 13.2 Å². The summed E-state index contributed by atoms with van der Waals surface area (Å²) in [4.78, 5) is 2.50. The first-order chi connectivity index (χ1) is 7.95. The third kappa shape index (κ3) is 4.02. The highest BCUT2D eigenvalue weighted by atomic mass is 79.9. The normalized spacial score (nSPS) is 10.1. The first-order valence-electron chi connectivity index (χ1n) is 4.31. The lowest BCUT2D eigenvalue weighted by molar-refractivity contribution is -0.137. The summed E-state index contributed by atoms with van der Waals surface area (Å²) in [5.74, 6) is 5.12. The van der Waals surface area contributed by atoms with Crippen LogP contribution >= 0.6 is 15.9 Å². The number of halogens is 4. The highest BCUT2D eigenvalue weighted by molar-refractivity contribution is 9.10. The lowest BCUT2D eigenvalue weighted by Crippen LogP contribution is -2.04. The zero-order valence-electron chi connectivity index (χ0n) is 8.29. The molecule has 1 rings (SSSR count). The molecule has 0 atom stereocenters. The van der Waals surface area contributed by atoms with Gasteiger partial charge in [0.05, 0.1) is 12.1 Å². The van der Waals surface area contributed by atoms with Gasteiger partial charge in [-0.15, -0.1) is 0 Å². The zero-order valence-corrected chi connectivity index (χ0v) is 9.88. The fourth-order valence-electron chi connectivity index (χ4n) is 0.995. The maximum absolute atomic E-state index is 12.3. The van der Waals surface area contributed by atoms with E-state index in [1.54, 1.807) is 0 Å². The first kappa shape index (κ1) is 13.4. The van der Waals surface area contributed by atoms with Gasteiger partial charge in [0.1, 0.15) is 0 Å². The maximum Gasteiger partial charge on any atom is 0.416 e. The monoisotopic (exact) mass is 303 g/mol. The van der Waals surface area contributed by atoms with Crippen LogP contribution in [0, 0.1) is 11.8 Å². The molecule has 0 aliphatic heterocycles. The second-order valence-electron chi connectivity index (χ2n) is 2.88. The van der Waals surface area contributed by atoms with E-state index in [2.05, 4.69) is 37.8 Å². The molecule has 7 heteroatoms. The van der Waals surface area contributed by atoms with E-state index in [0.717, 1.165) is 12.1 Å². The Morgan fingerprint density at radius 2 is 2.12 bits per heavy atom. The molecule has 3 nitrogen and oxygen atoms in total. The van der Waals surface area contributed by atoms with Crippen molar-refractivity contribution in [2.75, 3.05) is 6.54 Å². The Morgan fingerprint density at radius 3 is 2.65 bits per heavy atom. The van der Waals surface area contributed by atoms with Crippen LogP contribution in [0.5, 0.6) is 0 Å². The maximum atomic E-state index is 12.3. The third-order valence-electron chi connectivity index (χ3n) is 1.73. The predicted molar refractivity (Wildman–Crippen MR) is 60.0 cm³/mol. The average molecular weight is 304 g/mol. The summed E-state index contributed by atoms with van der Waals surface area (Å²) in [7, 11) is 0. The average Bonchev–Trinajstić information content (AvgIpc) is 2.24. The minimum absolute atomic E-state index is 0.0238. The van der Waals surface area contributed by atoms with Crippen molar-refractivity contribution >= 4 is 15.9 Å². The predicted octanol–water partition coefficient (Wildman–Crippen LogP) is 4.13. The van der Waals surface area contributed by atoms with Gasteiger partial charge < -0.3 is 0 Å². The van der Waals surface area contributed by atoms with Crippen molar-refractivity contribution in [3.63, 3.8) is 0 Å². The van der Waals surface area contributed by atoms with Gasteiger partial charge in [-0.05, 0) is 39.7 Å². The van der Waals surface area contributed by atoms with Crippen molar-refractivity contribution in [2.45, 2.75) is 6.18 Å². The summed E-state index contributed by atoms with van der Waals surface area (Å²) >= 11 is 3.00. The molecule has 1 aromatic rings. The van der Waals surface area contributed by atoms with Gasteiger partial charge in [-0.2, -0.15) is 13.2 Å². The molecule has 0 aromatic heterocycles. The van der Waals surface area contributed by atoms with E-state index in [0.29, 0.717) is 5.56 Å². The van der Waals surface area contributed by atoms with Gasteiger partial charge in [-0.3, -0.25) is 0 Å². The van der Waals surface area contributed by atoms with Crippen LogP contribution in [0.15, 0.2) is 27.8 Å². The molecule has 0 spiro atoms. The molecular weight excluding hydrogens is 299 g/mol. The van der Waals surface area contributed by atoms with Gasteiger partial charge >= 0.3 is 6.18 Å². The summed E-state index contributed by atoms with van der Waals surface area (Å²) in [5, 5.41) is 3.18. The van der Waals surface area contributed by atoms with Crippen LogP contribution in [0.3, 0.4) is 0 Å². The lowest BCUT2D eigenvalue weighted by Gasteiger charge is -2.07. The van der Waals surface area contributed by atoms with E-state index < -0.39 is 11.7 Å². The minimum Gasteiger partial charge on any atom is -0.166 e. The van der Waals surface area contributed by atoms with Crippen LogP contribution in [0.2, 0.25) is 0 Å². The Morgan fingerprint density at radius 1 is 1.41 bits per heavy atom. The highest BCUT2D eigenvalue weighted by Gasteiger charge is 2.30. The Bertz CT molecular complexity index is 522. The largest absolute Gasteiger partial charge is 0.416 e. The van der Waals surface area contributed by atoms with E-state index in [4.69, 9.17) is 5.53 Å². The van der Waals surface area contributed by atoms with Gasteiger partial charge in [0.25, 0.3) is 0 Å². The Hall–Kier alpha value is -1.64. The second-order valence-corrected chi connectivity index (χ2v) is 3.74. The molecule has 0 unspecified atom stereocenters. The van der Waals surface area contributed by atoms with E-state index in [9.17, 15) is 13.2 Å². The summed E-state index contributed by atoms with van der Waals surface area (Å²) in [6.07, 6.45) is -4.38. The van der Waals surface area contributed by atoms with Gasteiger partial charge in [0, 0.05) is 14.9 Å². The molecule has 0 bridgehead atoms. The number of azide groups is 1. The summed E-state index contributed by atoms with van der Waals surface area (Å²) in [6.45, 7) is -0.0238. The smallest absolute Gasteiger partial charge is 0.166 e. The number of benzene rings is 1. The van der Waals surface area contributed by atoms with Crippen molar-refractivity contribution < 1.29 is 13.2 Å². The molecule has 0 aliphatic carbocycles. The number of nitrogens with zero attached hydrogens (tertiary/aromatic N) is 3. The molecule has 0 heterocycles. The van der Waals surface area contributed by atoms with Gasteiger partial charge in [0.2, 0.25) is 0 Å². The Balaban J connectivity index is 2.97. The summed E-state index contributed by atoms with van der Waals surface area (Å²) < 4.78 is 37.3. The van der Waals surface area contributed by atoms with Crippen molar-refractivity contribution in [2.24, 2.45) is 5.11 Å². The molecular formula is C10H5BrF3N3. The summed E-state index contributed by atoms with van der Waals surface area (Å²) in [5.41, 5.74) is 7.66. The lowest BCUT2D eigenvalue weighted by atomic mass is 10.1. The number of rotatable bonds is 1. The van der Waals surface area contributed by atoms with E-state index in [1.165, 1.54) is 6.07 Å². The van der Waals surface area contributed by atoms with Crippen molar-refractivity contribution in [1.29, 1.82) is 0 Å². The second kappa shape index (κ2) is 5.62. The van der Waals surface area contributed by atoms with E-state index in [1.807, 2.05) is 0 Å². The first-order valence-corrected chi connectivity index (χ1v) is 5.11. The SMILES string of the molecule is [N-]=[N+]=NCC#Cc1ccc(C(F)(F)F)cc1Br. The van der Waals surface area contributed by atoms with Gasteiger partial charge in [-0.1, -0.05) is 17.0 Å². The van der Waals surface area contributed by atoms with Crippen LogP contribution in [-0.4, -0.2) is 6.54 Å². The number of alkyl halides is 3. The molecule has 0 amide bonds. The molecule has 0 saturated carbocycles. The quantitative estimate of drug-likeness (QED) is 0.324. The molecule has 0 aliphatic rings.